The van der Waals surface area contributed by atoms with Crippen LogP contribution in [0.2, 0.25) is 0 Å². The largest absolute Gasteiger partial charge is 1.00 e. The van der Waals surface area contributed by atoms with Crippen LogP contribution in [0.4, 0.5) is 17.3 Å². The Kier molecular flexibility index (Phi) is 7.51. The molecule has 1 aliphatic heterocycles. The zero-order valence-corrected chi connectivity index (χ0v) is 14.4. The normalized spacial score (nSPS) is 18.7. The summed E-state index contributed by atoms with van der Waals surface area (Å²) in [6, 6.07) is 2.22. The molecule has 1 atom stereocenters. The second-order valence-corrected chi connectivity index (χ2v) is 4.54. The van der Waals surface area contributed by atoms with Gasteiger partial charge in [0.2, 0.25) is 0 Å². The first-order valence-electron chi connectivity index (χ1n) is 6.20. The van der Waals surface area contributed by atoms with E-state index in [-0.39, 0.29) is 69.8 Å². The molecule has 1 fully saturated rings. The maximum atomic E-state index is 13.3. The first-order chi connectivity index (χ1) is 8.97. The van der Waals surface area contributed by atoms with Gasteiger partial charge in [0.1, 0.15) is 0 Å². The number of hydrogen-bond donors (Lipinski definition) is 0. The Bertz CT molecular complexity index is 436. The van der Waals surface area contributed by atoms with Gasteiger partial charge in [0, 0.05) is 13.0 Å². The Morgan fingerprint density at radius 3 is 2.65 bits per heavy atom. The van der Waals surface area contributed by atoms with E-state index in [1.807, 2.05) is 0 Å². The fourth-order valence-corrected chi connectivity index (χ4v) is 2.01. The average molecular weight is 316 g/mol. The Labute approximate surface area is 157 Å². The Hall–Kier alpha value is 0.401. The number of hydrogen-bond acceptors (Lipinski definition) is 2. The molecular formula is C12H14BF4KO2. The van der Waals surface area contributed by atoms with E-state index in [1.165, 1.54) is 0 Å². The van der Waals surface area contributed by atoms with Gasteiger partial charge in [-0.2, -0.15) is 0 Å². The van der Waals surface area contributed by atoms with Crippen molar-refractivity contribution in [3.8, 4) is 5.75 Å². The van der Waals surface area contributed by atoms with E-state index >= 15 is 0 Å². The molecule has 1 aromatic carbocycles. The van der Waals surface area contributed by atoms with Crippen molar-refractivity contribution in [1.29, 1.82) is 0 Å². The van der Waals surface area contributed by atoms with Gasteiger partial charge < -0.3 is 22.4 Å². The van der Waals surface area contributed by atoms with Crippen molar-refractivity contribution in [2.45, 2.75) is 25.4 Å². The van der Waals surface area contributed by atoms with Crippen molar-refractivity contribution < 1.29 is 78.2 Å². The van der Waals surface area contributed by atoms with Crippen molar-refractivity contribution in [3.05, 3.63) is 24.0 Å². The summed E-state index contributed by atoms with van der Waals surface area (Å²) >= 11 is 0. The van der Waals surface area contributed by atoms with Crippen LogP contribution in [0, 0.1) is 5.82 Å². The van der Waals surface area contributed by atoms with Gasteiger partial charge in [-0.1, -0.05) is 6.07 Å². The van der Waals surface area contributed by atoms with E-state index < -0.39 is 18.3 Å². The molecule has 0 bridgehead atoms. The topological polar surface area (TPSA) is 18.5 Å². The number of benzene rings is 1. The molecule has 2 nitrogen and oxygen atoms in total. The summed E-state index contributed by atoms with van der Waals surface area (Å²) in [4.78, 5) is 0. The molecular weight excluding hydrogens is 302 g/mol. The van der Waals surface area contributed by atoms with Gasteiger partial charge in [-0.3, -0.25) is 0 Å². The molecule has 1 aliphatic rings. The summed E-state index contributed by atoms with van der Waals surface area (Å²) < 4.78 is 61.4. The van der Waals surface area contributed by atoms with Crippen LogP contribution in [0.25, 0.3) is 0 Å². The quantitative estimate of drug-likeness (QED) is 0.555. The van der Waals surface area contributed by atoms with Crippen LogP contribution in [-0.4, -0.2) is 26.3 Å². The molecule has 0 amide bonds. The number of rotatable bonds is 5. The van der Waals surface area contributed by atoms with Gasteiger partial charge >= 0.3 is 58.4 Å². The summed E-state index contributed by atoms with van der Waals surface area (Å²) in [5.41, 5.74) is -0.853. The van der Waals surface area contributed by atoms with Crippen molar-refractivity contribution in [2.75, 3.05) is 13.2 Å². The van der Waals surface area contributed by atoms with Gasteiger partial charge in [-0.25, -0.2) is 4.39 Å². The molecule has 0 spiro atoms. The summed E-state index contributed by atoms with van der Waals surface area (Å²) in [6.45, 7) is -4.29. The molecule has 1 saturated heterocycles. The third kappa shape index (κ3) is 5.31. The molecule has 0 radical (unpaired) electrons. The number of ether oxygens (including phenoxy) is 2. The van der Waals surface area contributed by atoms with Crippen molar-refractivity contribution in [1.82, 2.24) is 0 Å². The Morgan fingerprint density at radius 2 is 2.05 bits per heavy atom. The van der Waals surface area contributed by atoms with Gasteiger partial charge in [0.25, 0.3) is 0 Å². The minimum absolute atomic E-state index is 0. The second-order valence-electron chi connectivity index (χ2n) is 4.54. The Morgan fingerprint density at radius 1 is 1.30 bits per heavy atom. The summed E-state index contributed by atoms with van der Waals surface area (Å²) in [7, 11) is 0. The average Bonchev–Trinajstić information content (AvgIpc) is 2.83. The monoisotopic (exact) mass is 316 g/mol. The first kappa shape index (κ1) is 18.5. The van der Waals surface area contributed by atoms with Crippen molar-refractivity contribution in [2.24, 2.45) is 0 Å². The third-order valence-electron chi connectivity index (χ3n) is 3.05. The maximum Gasteiger partial charge on any atom is 1.00 e. The molecule has 1 unspecified atom stereocenters. The fraction of sp³-hybridized carbons (Fsp3) is 0.500. The predicted molar refractivity (Wildman–Crippen MR) is 64.2 cm³/mol. The van der Waals surface area contributed by atoms with E-state index in [0.29, 0.717) is 19.1 Å². The second kappa shape index (κ2) is 8.14. The van der Waals surface area contributed by atoms with Gasteiger partial charge in [0.05, 0.1) is 12.7 Å². The van der Waals surface area contributed by atoms with Gasteiger partial charge in [-0.15, -0.1) is 5.46 Å². The molecule has 20 heavy (non-hydrogen) atoms. The zero-order valence-electron chi connectivity index (χ0n) is 11.3. The Balaban J connectivity index is 0.00000200. The molecule has 2 rings (SSSR count). The van der Waals surface area contributed by atoms with Crippen LogP contribution in [0.5, 0.6) is 5.75 Å². The fourth-order valence-electron chi connectivity index (χ4n) is 2.01. The van der Waals surface area contributed by atoms with Crippen LogP contribution in [0.3, 0.4) is 0 Å². The molecule has 0 N–H and O–H groups in total. The van der Waals surface area contributed by atoms with Gasteiger partial charge in [-0.05, 0) is 25.0 Å². The summed E-state index contributed by atoms with van der Waals surface area (Å²) in [6.07, 6.45) is 2.52. The molecule has 8 heteroatoms. The van der Waals surface area contributed by atoms with E-state index in [9.17, 15) is 17.3 Å². The zero-order chi connectivity index (χ0) is 13.9. The minimum atomic E-state index is -5.14. The molecule has 1 aromatic rings. The minimum Gasteiger partial charge on any atom is -0.491 e. The molecule has 106 valence electrons. The van der Waals surface area contributed by atoms with Gasteiger partial charge in [0.15, 0.2) is 11.6 Å². The third-order valence-corrected chi connectivity index (χ3v) is 3.05. The first-order valence-corrected chi connectivity index (χ1v) is 6.20. The van der Waals surface area contributed by atoms with Crippen LogP contribution in [-0.2, 0) is 4.74 Å². The van der Waals surface area contributed by atoms with E-state index in [2.05, 4.69) is 0 Å². The SMILES string of the molecule is Fc1ccc([B-](F)(F)F)cc1OCCC1CCCO1.[K+]. The standard InChI is InChI=1S/C12H14BF4O2.K/c14-11-4-3-9(13(15,16)17)8-12(11)19-7-5-10-2-1-6-18-10;/h3-4,8,10H,1-2,5-7H2;/q-1;+1. The van der Waals surface area contributed by atoms with E-state index in [1.54, 1.807) is 0 Å². The number of halogens is 4. The van der Waals surface area contributed by atoms with E-state index in [0.717, 1.165) is 25.0 Å². The van der Waals surface area contributed by atoms with Crippen LogP contribution in [0.15, 0.2) is 18.2 Å². The summed E-state index contributed by atoms with van der Waals surface area (Å²) in [5.74, 6) is -1.13. The molecule has 0 saturated carbocycles. The maximum absolute atomic E-state index is 13.3. The molecule has 0 aliphatic carbocycles. The molecule has 1 heterocycles. The van der Waals surface area contributed by atoms with Crippen LogP contribution >= 0.6 is 0 Å². The van der Waals surface area contributed by atoms with E-state index in [4.69, 9.17) is 9.47 Å². The van der Waals surface area contributed by atoms with Crippen LogP contribution < -0.4 is 61.6 Å². The smallest absolute Gasteiger partial charge is 0.491 e. The van der Waals surface area contributed by atoms with Crippen molar-refractivity contribution in [3.63, 3.8) is 0 Å². The van der Waals surface area contributed by atoms with Crippen molar-refractivity contribution >= 4 is 12.4 Å². The summed E-state index contributed by atoms with van der Waals surface area (Å²) in [5, 5.41) is 0. The van der Waals surface area contributed by atoms with Crippen LogP contribution in [0.1, 0.15) is 19.3 Å². The molecule has 0 aromatic heterocycles. The predicted octanol–water partition coefficient (Wildman–Crippen LogP) is -0.168.